The number of ether oxygens (including phenoxy) is 1. The molecule has 1 aromatic carbocycles. The summed E-state index contributed by atoms with van der Waals surface area (Å²) in [6.45, 7) is 6.81. The number of carbonyl (C=O) groups is 1. The van der Waals surface area contributed by atoms with Crippen LogP contribution in [0.2, 0.25) is 0 Å². The molecule has 2 atom stereocenters. The Labute approximate surface area is 120 Å². The van der Waals surface area contributed by atoms with Gasteiger partial charge >= 0.3 is 0 Å². The zero-order chi connectivity index (χ0) is 14.9. The molecule has 0 bridgehead atoms. The molecule has 1 aliphatic carbocycles. The summed E-state index contributed by atoms with van der Waals surface area (Å²) < 4.78 is 6.04. The number of benzene rings is 1. The molecule has 4 N–H and O–H groups in total. The van der Waals surface area contributed by atoms with Crippen LogP contribution in [0.5, 0.6) is 5.75 Å². The van der Waals surface area contributed by atoms with Gasteiger partial charge in [-0.05, 0) is 48.8 Å². The Morgan fingerprint density at radius 3 is 2.65 bits per heavy atom. The van der Waals surface area contributed by atoms with Crippen molar-refractivity contribution in [3.8, 4) is 5.75 Å². The normalized spacial score (nSPS) is 25.1. The van der Waals surface area contributed by atoms with Gasteiger partial charge in [-0.1, -0.05) is 20.8 Å². The highest BCUT2D eigenvalue weighted by molar-refractivity contribution is 5.98. The molecule has 0 heterocycles. The van der Waals surface area contributed by atoms with Crippen molar-refractivity contribution in [3.63, 3.8) is 0 Å². The van der Waals surface area contributed by atoms with Crippen molar-refractivity contribution in [1.82, 2.24) is 0 Å². The molecule has 2 rings (SSSR count). The third-order valence-corrected chi connectivity index (χ3v) is 3.94. The quantitative estimate of drug-likeness (QED) is 0.833. The molecule has 1 amide bonds. The number of carbonyl (C=O) groups excluding carboxylic acids is 1. The summed E-state index contributed by atoms with van der Waals surface area (Å²) in [6, 6.07) is 5.12. The number of nitrogens with two attached hydrogens (primary N) is 2. The Morgan fingerprint density at radius 1 is 1.35 bits per heavy atom. The Bertz CT molecular complexity index is 511. The van der Waals surface area contributed by atoms with Crippen molar-refractivity contribution in [2.75, 3.05) is 5.73 Å². The number of rotatable bonds is 3. The van der Waals surface area contributed by atoms with Crippen LogP contribution in [-0.4, -0.2) is 12.0 Å². The second-order valence-corrected chi connectivity index (χ2v) is 6.77. The third-order valence-electron chi connectivity index (χ3n) is 3.94. The monoisotopic (exact) mass is 276 g/mol. The Balaban J connectivity index is 2.14. The fourth-order valence-corrected chi connectivity index (χ4v) is 3.36. The zero-order valence-electron chi connectivity index (χ0n) is 12.5. The van der Waals surface area contributed by atoms with Crippen molar-refractivity contribution in [1.29, 1.82) is 0 Å². The molecule has 2 unspecified atom stereocenters. The van der Waals surface area contributed by atoms with E-state index in [1.165, 1.54) is 6.42 Å². The largest absolute Gasteiger partial charge is 0.490 e. The molecule has 4 heteroatoms. The van der Waals surface area contributed by atoms with Crippen LogP contribution in [-0.2, 0) is 0 Å². The molecule has 0 aliphatic heterocycles. The maximum Gasteiger partial charge on any atom is 0.250 e. The highest BCUT2D eigenvalue weighted by Crippen LogP contribution is 2.40. The first kappa shape index (κ1) is 14.7. The second kappa shape index (κ2) is 5.35. The van der Waals surface area contributed by atoms with Crippen LogP contribution in [0.4, 0.5) is 5.69 Å². The van der Waals surface area contributed by atoms with E-state index >= 15 is 0 Å². The number of nitrogen functional groups attached to an aromatic ring is 1. The molecule has 4 nitrogen and oxygen atoms in total. The molecule has 0 aromatic heterocycles. The van der Waals surface area contributed by atoms with Crippen LogP contribution < -0.4 is 16.2 Å². The van der Waals surface area contributed by atoms with Crippen LogP contribution in [0, 0.1) is 11.3 Å². The molecule has 1 aliphatic rings. The van der Waals surface area contributed by atoms with Crippen LogP contribution in [0.1, 0.15) is 50.4 Å². The van der Waals surface area contributed by atoms with E-state index in [-0.39, 0.29) is 6.10 Å². The third kappa shape index (κ3) is 3.44. The molecule has 0 saturated heterocycles. The van der Waals surface area contributed by atoms with Gasteiger partial charge in [0.15, 0.2) is 0 Å². The zero-order valence-corrected chi connectivity index (χ0v) is 12.5. The predicted octanol–water partition coefficient (Wildman–Crippen LogP) is 2.96. The standard InChI is InChI=1S/C16H24N2O2/c1-10-6-12(9-16(2,3)8-10)20-11-4-5-14(17)13(7-11)15(18)19/h4-5,7,10,12H,6,8-9,17H2,1-3H3,(H2,18,19). The molecular formula is C16H24N2O2. The maximum atomic E-state index is 11.3. The number of anilines is 1. The summed E-state index contributed by atoms with van der Waals surface area (Å²) in [4.78, 5) is 11.3. The minimum atomic E-state index is -0.523. The van der Waals surface area contributed by atoms with E-state index in [4.69, 9.17) is 16.2 Å². The smallest absolute Gasteiger partial charge is 0.250 e. The van der Waals surface area contributed by atoms with Gasteiger partial charge in [-0.3, -0.25) is 4.79 Å². The van der Waals surface area contributed by atoms with Gasteiger partial charge in [-0.2, -0.15) is 0 Å². The van der Waals surface area contributed by atoms with Gasteiger partial charge in [0.2, 0.25) is 0 Å². The van der Waals surface area contributed by atoms with Gasteiger partial charge in [-0.25, -0.2) is 0 Å². The van der Waals surface area contributed by atoms with E-state index in [2.05, 4.69) is 20.8 Å². The Kier molecular flexibility index (Phi) is 3.93. The molecule has 0 spiro atoms. The SMILES string of the molecule is CC1CC(Oc2ccc(N)c(C(N)=O)c2)CC(C)(C)C1. The van der Waals surface area contributed by atoms with Crippen molar-refractivity contribution in [3.05, 3.63) is 23.8 Å². The van der Waals surface area contributed by atoms with Crippen LogP contribution in [0.15, 0.2) is 18.2 Å². The lowest BCUT2D eigenvalue weighted by Gasteiger charge is -2.38. The summed E-state index contributed by atoms with van der Waals surface area (Å²) in [5, 5.41) is 0. The summed E-state index contributed by atoms with van der Waals surface area (Å²) >= 11 is 0. The van der Waals surface area contributed by atoms with Crippen LogP contribution >= 0.6 is 0 Å². The first-order valence-corrected chi connectivity index (χ1v) is 7.13. The molecule has 0 radical (unpaired) electrons. The van der Waals surface area contributed by atoms with Crippen molar-refractivity contribution >= 4 is 11.6 Å². The van der Waals surface area contributed by atoms with Gasteiger partial charge in [0.05, 0.1) is 11.7 Å². The highest BCUT2D eigenvalue weighted by Gasteiger charge is 2.33. The molecule has 110 valence electrons. The van der Waals surface area contributed by atoms with Gasteiger partial charge in [0.25, 0.3) is 5.91 Å². The van der Waals surface area contributed by atoms with Crippen LogP contribution in [0.25, 0.3) is 0 Å². The van der Waals surface area contributed by atoms with Crippen molar-refractivity contribution in [2.45, 2.75) is 46.1 Å². The molecule has 1 aromatic rings. The van der Waals surface area contributed by atoms with Gasteiger partial charge in [0.1, 0.15) is 5.75 Å². The molecular weight excluding hydrogens is 252 g/mol. The van der Waals surface area contributed by atoms with Gasteiger partial charge in [-0.15, -0.1) is 0 Å². The second-order valence-electron chi connectivity index (χ2n) is 6.77. The van der Waals surface area contributed by atoms with Crippen molar-refractivity contribution in [2.24, 2.45) is 17.1 Å². The predicted molar refractivity (Wildman–Crippen MR) is 80.6 cm³/mol. The number of primary amides is 1. The van der Waals surface area contributed by atoms with E-state index in [0.717, 1.165) is 12.8 Å². The average Bonchev–Trinajstić information content (AvgIpc) is 2.28. The number of hydrogen-bond acceptors (Lipinski definition) is 3. The van der Waals surface area contributed by atoms with Crippen molar-refractivity contribution < 1.29 is 9.53 Å². The van der Waals surface area contributed by atoms with Gasteiger partial charge < -0.3 is 16.2 Å². The summed E-state index contributed by atoms with van der Waals surface area (Å²) in [6.07, 6.45) is 3.46. The van der Waals surface area contributed by atoms with E-state index in [0.29, 0.717) is 28.3 Å². The minimum Gasteiger partial charge on any atom is -0.490 e. The molecule has 1 saturated carbocycles. The van der Waals surface area contributed by atoms with E-state index < -0.39 is 5.91 Å². The summed E-state index contributed by atoms with van der Waals surface area (Å²) in [5.74, 6) is 0.793. The lowest BCUT2D eigenvalue weighted by atomic mass is 9.71. The van der Waals surface area contributed by atoms with Crippen LogP contribution in [0.3, 0.4) is 0 Å². The lowest BCUT2D eigenvalue weighted by molar-refractivity contribution is 0.0561. The minimum absolute atomic E-state index is 0.179. The average molecular weight is 276 g/mol. The highest BCUT2D eigenvalue weighted by atomic mass is 16.5. The maximum absolute atomic E-state index is 11.3. The molecule has 20 heavy (non-hydrogen) atoms. The topological polar surface area (TPSA) is 78.3 Å². The Morgan fingerprint density at radius 2 is 2.05 bits per heavy atom. The molecule has 1 fully saturated rings. The number of hydrogen-bond donors (Lipinski definition) is 2. The fraction of sp³-hybridized carbons (Fsp3) is 0.562. The summed E-state index contributed by atoms with van der Waals surface area (Å²) in [7, 11) is 0. The Hall–Kier alpha value is -1.71. The fourth-order valence-electron chi connectivity index (χ4n) is 3.36. The first-order valence-electron chi connectivity index (χ1n) is 7.13. The van der Waals surface area contributed by atoms with E-state index in [1.54, 1.807) is 18.2 Å². The summed E-state index contributed by atoms with van der Waals surface area (Å²) in [5.41, 5.74) is 12.0. The first-order chi connectivity index (χ1) is 9.27. The number of amides is 1. The van der Waals surface area contributed by atoms with E-state index in [1.807, 2.05) is 0 Å². The van der Waals surface area contributed by atoms with E-state index in [9.17, 15) is 4.79 Å². The lowest BCUT2D eigenvalue weighted by Crippen LogP contribution is -2.34. The van der Waals surface area contributed by atoms with Gasteiger partial charge in [0, 0.05) is 5.69 Å².